The molecule has 0 spiro atoms. The molecule has 1 aromatic rings. The summed E-state index contributed by atoms with van der Waals surface area (Å²) >= 11 is 0. The SMILES string of the molecule is CC(N)c1cc(C2CC2)nn1CC(C)(C)C. The fourth-order valence-corrected chi connectivity index (χ4v) is 1.97. The molecule has 0 aliphatic heterocycles. The van der Waals surface area contributed by atoms with Gasteiger partial charge in [-0.2, -0.15) is 5.10 Å². The molecule has 0 aromatic carbocycles. The van der Waals surface area contributed by atoms with Gasteiger partial charge in [0, 0.05) is 18.5 Å². The molecule has 1 aliphatic carbocycles. The Hall–Kier alpha value is -0.830. The lowest BCUT2D eigenvalue weighted by atomic mass is 9.97. The van der Waals surface area contributed by atoms with E-state index in [1.54, 1.807) is 0 Å². The van der Waals surface area contributed by atoms with Gasteiger partial charge in [-0.3, -0.25) is 4.68 Å². The number of hydrogen-bond acceptors (Lipinski definition) is 2. The molecule has 0 radical (unpaired) electrons. The first-order chi connectivity index (χ1) is 7.37. The van der Waals surface area contributed by atoms with Gasteiger partial charge in [0.1, 0.15) is 0 Å². The van der Waals surface area contributed by atoms with Crippen molar-refractivity contribution < 1.29 is 0 Å². The molecule has 3 heteroatoms. The second-order valence-electron chi connectivity index (χ2n) is 6.28. The summed E-state index contributed by atoms with van der Waals surface area (Å²) in [4.78, 5) is 0. The van der Waals surface area contributed by atoms with Crippen LogP contribution in [0.1, 0.15) is 63.9 Å². The normalized spacial score (nSPS) is 18.8. The van der Waals surface area contributed by atoms with Crippen molar-refractivity contribution in [3.05, 3.63) is 17.5 Å². The zero-order valence-electron chi connectivity index (χ0n) is 10.8. The van der Waals surface area contributed by atoms with Gasteiger partial charge in [-0.05, 0) is 31.2 Å². The highest BCUT2D eigenvalue weighted by Crippen LogP contribution is 2.40. The van der Waals surface area contributed by atoms with Crippen LogP contribution in [0.3, 0.4) is 0 Å². The summed E-state index contributed by atoms with van der Waals surface area (Å²) in [7, 11) is 0. The summed E-state index contributed by atoms with van der Waals surface area (Å²) in [5, 5.41) is 4.72. The molecule has 1 atom stereocenters. The zero-order valence-corrected chi connectivity index (χ0v) is 10.8. The smallest absolute Gasteiger partial charge is 0.0659 e. The Kier molecular flexibility index (Phi) is 2.82. The van der Waals surface area contributed by atoms with E-state index in [0.29, 0.717) is 5.92 Å². The van der Waals surface area contributed by atoms with Gasteiger partial charge < -0.3 is 5.73 Å². The molecule has 0 saturated heterocycles. The Morgan fingerprint density at radius 1 is 1.50 bits per heavy atom. The summed E-state index contributed by atoms with van der Waals surface area (Å²) in [6.07, 6.45) is 2.59. The molecular weight excluding hydrogens is 198 g/mol. The first-order valence-electron chi connectivity index (χ1n) is 6.20. The molecule has 1 unspecified atom stereocenters. The average Bonchev–Trinajstić information content (AvgIpc) is 2.86. The number of rotatable bonds is 3. The number of nitrogens with zero attached hydrogens (tertiary/aromatic N) is 2. The van der Waals surface area contributed by atoms with E-state index in [4.69, 9.17) is 10.8 Å². The Morgan fingerprint density at radius 3 is 2.56 bits per heavy atom. The van der Waals surface area contributed by atoms with Crippen LogP contribution < -0.4 is 5.73 Å². The first kappa shape index (κ1) is 11.6. The van der Waals surface area contributed by atoms with Gasteiger partial charge in [0.15, 0.2) is 0 Å². The predicted molar refractivity (Wildman–Crippen MR) is 66.3 cm³/mol. The third-order valence-corrected chi connectivity index (χ3v) is 2.92. The molecular formula is C13H23N3. The Balaban J connectivity index is 2.26. The third-order valence-electron chi connectivity index (χ3n) is 2.92. The van der Waals surface area contributed by atoms with E-state index in [1.807, 2.05) is 6.92 Å². The molecule has 1 fully saturated rings. The maximum absolute atomic E-state index is 6.01. The summed E-state index contributed by atoms with van der Waals surface area (Å²) < 4.78 is 2.11. The molecule has 2 rings (SSSR count). The summed E-state index contributed by atoms with van der Waals surface area (Å²) in [6.45, 7) is 9.67. The second-order valence-corrected chi connectivity index (χ2v) is 6.28. The van der Waals surface area contributed by atoms with E-state index in [1.165, 1.54) is 24.2 Å². The van der Waals surface area contributed by atoms with Crippen LogP contribution in [0, 0.1) is 5.41 Å². The summed E-state index contributed by atoms with van der Waals surface area (Å²) in [5.41, 5.74) is 8.68. The van der Waals surface area contributed by atoms with Crippen LogP contribution in [0.25, 0.3) is 0 Å². The maximum atomic E-state index is 6.01. The van der Waals surface area contributed by atoms with Crippen molar-refractivity contribution in [2.75, 3.05) is 0 Å². The minimum atomic E-state index is 0.0716. The van der Waals surface area contributed by atoms with Crippen molar-refractivity contribution in [2.45, 2.75) is 59.0 Å². The Bertz CT molecular complexity index is 367. The monoisotopic (exact) mass is 221 g/mol. The van der Waals surface area contributed by atoms with E-state index < -0.39 is 0 Å². The lowest BCUT2D eigenvalue weighted by Gasteiger charge is -2.20. The molecule has 1 aromatic heterocycles. The highest BCUT2D eigenvalue weighted by Gasteiger charge is 2.28. The van der Waals surface area contributed by atoms with Crippen molar-refractivity contribution in [3.8, 4) is 0 Å². The maximum Gasteiger partial charge on any atom is 0.0659 e. The number of aromatic nitrogens is 2. The summed E-state index contributed by atoms with van der Waals surface area (Å²) in [5.74, 6) is 0.707. The molecule has 2 N–H and O–H groups in total. The fourth-order valence-electron chi connectivity index (χ4n) is 1.97. The zero-order chi connectivity index (χ0) is 11.9. The van der Waals surface area contributed by atoms with Crippen molar-refractivity contribution >= 4 is 0 Å². The molecule has 16 heavy (non-hydrogen) atoms. The van der Waals surface area contributed by atoms with Gasteiger partial charge in [0.05, 0.1) is 11.4 Å². The van der Waals surface area contributed by atoms with Crippen LogP contribution in [-0.2, 0) is 6.54 Å². The number of nitrogens with two attached hydrogens (primary N) is 1. The van der Waals surface area contributed by atoms with Crippen LogP contribution in [-0.4, -0.2) is 9.78 Å². The standard InChI is InChI=1S/C13H23N3/c1-9(14)12-7-11(10-5-6-10)15-16(12)8-13(2,3)4/h7,9-10H,5-6,8,14H2,1-4H3. The predicted octanol–water partition coefficient (Wildman–Crippen LogP) is 2.83. The molecule has 90 valence electrons. The van der Waals surface area contributed by atoms with Crippen molar-refractivity contribution in [3.63, 3.8) is 0 Å². The van der Waals surface area contributed by atoms with E-state index in [-0.39, 0.29) is 11.5 Å². The third kappa shape index (κ3) is 2.64. The first-order valence-corrected chi connectivity index (χ1v) is 6.20. The second kappa shape index (κ2) is 3.88. The van der Waals surface area contributed by atoms with E-state index in [9.17, 15) is 0 Å². The van der Waals surface area contributed by atoms with Gasteiger partial charge in [-0.15, -0.1) is 0 Å². The van der Waals surface area contributed by atoms with Crippen LogP contribution in [0.4, 0.5) is 0 Å². The minimum Gasteiger partial charge on any atom is -0.323 e. The Labute approximate surface area is 98.0 Å². The summed E-state index contributed by atoms with van der Waals surface area (Å²) in [6, 6.07) is 2.27. The number of hydrogen-bond donors (Lipinski definition) is 1. The highest BCUT2D eigenvalue weighted by atomic mass is 15.3. The van der Waals surface area contributed by atoms with Crippen molar-refractivity contribution in [1.29, 1.82) is 0 Å². The van der Waals surface area contributed by atoms with E-state index in [0.717, 1.165) is 6.54 Å². The van der Waals surface area contributed by atoms with E-state index in [2.05, 4.69) is 31.5 Å². The van der Waals surface area contributed by atoms with E-state index >= 15 is 0 Å². The minimum absolute atomic E-state index is 0.0716. The molecule has 1 aliphatic rings. The van der Waals surface area contributed by atoms with Crippen LogP contribution >= 0.6 is 0 Å². The molecule has 0 amide bonds. The highest BCUT2D eigenvalue weighted by molar-refractivity contribution is 5.20. The average molecular weight is 221 g/mol. The quantitative estimate of drug-likeness (QED) is 0.853. The van der Waals surface area contributed by atoms with Gasteiger partial charge >= 0.3 is 0 Å². The van der Waals surface area contributed by atoms with Crippen LogP contribution in [0.5, 0.6) is 0 Å². The molecule has 0 bridgehead atoms. The van der Waals surface area contributed by atoms with Crippen molar-refractivity contribution in [2.24, 2.45) is 11.1 Å². The van der Waals surface area contributed by atoms with Gasteiger partial charge in [0.25, 0.3) is 0 Å². The topological polar surface area (TPSA) is 43.8 Å². The molecule has 1 saturated carbocycles. The largest absolute Gasteiger partial charge is 0.323 e. The van der Waals surface area contributed by atoms with Crippen molar-refractivity contribution in [1.82, 2.24) is 9.78 Å². The van der Waals surface area contributed by atoms with Gasteiger partial charge in [0.2, 0.25) is 0 Å². The fraction of sp³-hybridized carbons (Fsp3) is 0.769. The molecule has 1 heterocycles. The Morgan fingerprint density at radius 2 is 2.12 bits per heavy atom. The van der Waals surface area contributed by atoms with Crippen LogP contribution in [0.15, 0.2) is 6.07 Å². The van der Waals surface area contributed by atoms with Gasteiger partial charge in [-0.1, -0.05) is 20.8 Å². The lowest BCUT2D eigenvalue weighted by Crippen LogP contribution is -2.21. The van der Waals surface area contributed by atoms with Crippen LogP contribution in [0.2, 0.25) is 0 Å². The molecule has 3 nitrogen and oxygen atoms in total. The van der Waals surface area contributed by atoms with Gasteiger partial charge in [-0.25, -0.2) is 0 Å². The lowest BCUT2D eigenvalue weighted by molar-refractivity contribution is 0.316.